The zero-order valence-electron chi connectivity index (χ0n) is 10.9. The van der Waals surface area contributed by atoms with Crippen molar-refractivity contribution in [2.24, 2.45) is 0 Å². The molecule has 0 aliphatic heterocycles. The molecule has 3 heteroatoms. The number of carbonyl (C=O) groups is 1. The summed E-state index contributed by atoms with van der Waals surface area (Å²) in [6, 6.07) is 7.86. The maximum atomic E-state index is 11.7. The third-order valence-corrected chi connectivity index (χ3v) is 2.57. The highest BCUT2D eigenvalue weighted by Gasteiger charge is 2.10. The molecule has 1 aromatic rings. The van der Waals surface area contributed by atoms with Gasteiger partial charge < -0.3 is 9.64 Å². The van der Waals surface area contributed by atoms with E-state index in [9.17, 15) is 4.79 Å². The van der Waals surface area contributed by atoms with Crippen molar-refractivity contribution < 1.29 is 9.53 Å². The van der Waals surface area contributed by atoms with Gasteiger partial charge in [-0.2, -0.15) is 0 Å². The van der Waals surface area contributed by atoms with Crippen LogP contribution in [0.2, 0.25) is 0 Å². The Morgan fingerprint density at radius 1 is 1.29 bits per heavy atom. The molecule has 0 unspecified atom stereocenters. The normalized spacial score (nSPS) is 10.1. The first-order valence-electron chi connectivity index (χ1n) is 6.13. The molecule has 17 heavy (non-hydrogen) atoms. The highest BCUT2D eigenvalue weighted by Crippen LogP contribution is 2.19. The predicted octanol–water partition coefficient (Wildman–Crippen LogP) is 2.84. The molecule has 0 fully saturated rings. The first kappa shape index (κ1) is 13.6. The van der Waals surface area contributed by atoms with E-state index in [0.29, 0.717) is 19.6 Å². The summed E-state index contributed by atoms with van der Waals surface area (Å²) in [6.45, 7) is 5.22. The smallest absolute Gasteiger partial charge is 0.222 e. The number of benzene rings is 1. The van der Waals surface area contributed by atoms with E-state index in [4.69, 9.17) is 4.74 Å². The van der Waals surface area contributed by atoms with Gasteiger partial charge in [0.15, 0.2) is 0 Å². The largest absolute Gasteiger partial charge is 0.494 e. The van der Waals surface area contributed by atoms with Gasteiger partial charge in [0.05, 0.1) is 6.61 Å². The fourth-order valence-corrected chi connectivity index (χ4v) is 1.68. The number of nitrogens with zero attached hydrogens (tertiary/aromatic N) is 1. The maximum Gasteiger partial charge on any atom is 0.222 e. The van der Waals surface area contributed by atoms with E-state index in [1.807, 2.05) is 45.2 Å². The van der Waals surface area contributed by atoms with Gasteiger partial charge in [-0.25, -0.2) is 0 Å². The molecular formula is C14H21NO2. The minimum absolute atomic E-state index is 0.179. The number of hydrogen-bond donors (Lipinski definition) is 0. The molecule has 1 amide bonds. The van der Waals surface area contributed by atoms with Gasteiger partial charge in [-0.05, 0) is 19.4 Å². The SMILES string of the molecule is CCCC(=O)N(C)Cc1ccccc1OCC. The van der Waals surface area contributed by atoms with E-state index in [0.717, 1.165) is 17.7 Å². The summed E-state index contributed by atoms with van der Waals surface area (Å²) in [6.07, 6.45) is 1.49. The lowest BCUT2D eigenvalue weighted by Gasteiger charge is -2.19. The van der Waals surface area contributed by atoms with Crippen molar-refractivity contribution in [3.63, 3.8) is 0 Å². The molecule has 0 N–H and O–H groups in total. The van der Waals surface area contributed by atoms with Gasteiger partial charge in [0, 0.05) is 25.6 Å². The van der Waals surface area contributed by atoms with Crippen LogP contribution in [0.5, 0.6) is 5.75 Å². The second-order valence-electron chi connectivity index (χ2n) is 4.04. The molecule has 94 valence electrons. The highest BCUT2D eigenvalue weighted by atomic mass is 16.5. The van der Waals surface area contributed by atoms with E-state index in [1.54, 1.807) is 4.90 Å². The van der Waals surface area contributed by atoms with Crippen molar-refractivity contribution in [1.82, 2.24) is 4.90 Å². The minimum Gasteiger partial charge on any atom is -0.494 e. The van der Waals surface area contributed by atoms with Crippen LogP contribution in [0.3, 0.4) is 0 Å². The molecule has 0 aliphatic carbocycles. The number of ether oxygens (including phenoxy) is 1. The zero-order chi connectivity index (χ0) is 12.7. The Balaban J connectivity index is 2.70. The van der Waals surface area contributed by atoms with Crippen molar-refractivity contribution in [3.05, 3.63) is 29.8 Å². The van der Waals surface area contributed by atoms with Crippen LogP contribution >= 0.6 is 0 Å². The van der Waals surface area contributed by atoms with Crippen molar-refractivity contribution in [2.45, 2.75) is 33.2 Å². The van der Waals surface area contributed by atoms with Gasteiger partial charge in [-0.3, -0.25) is 4.79 Å². The number of para-hydroxylation sites is 1. The first-order chi connectivity index (χ1) is 8.19. The van der Waals surface area contributed by atoms with Crippen LogP contribution in [0.15, 0.2) is 24.3 Å². The van der Waals surface area contributed by atoms with Crippen LogP contribution in [0, 0.1) is 0 Å². The molecular weight excluding hydrogens is 214 g/mol. The molecule has 0 saturated heterocycles. The van der Waals surface area contributed by atoms with E-state index in [2.05, 4.69) is 0 Å². The average molecular weight is 235 g/mol. The zero-order valence-corrected chi connectivity index (χ0v) is 10.9. The van der Waals surface area contributed by atoms with Crippen molar-refractivity contribution >= 4 is 5.91 Å². The minimum atomic E-state index is 0.179. The summed E-state index contributed by atoms with van der Waals surface area (Å²) < 4.78 is 5.54. The molecule has 0 aliphatic rings. The standard InChI is InChI=1S/C14H21NO2/c1-4-8-14(16)15(3)11-12-9-6-7-10-13(12)17-5-2/h6-7,9-10H,4-5,8,11H2,1-3H3. The summed E-state index contributed by atoms with van der Waals surface area (Å²) in [5.74, 6) is 1.05. The molecule has 0 bridgehead atoms. The second kappa shape index (κ2) is 6.94. The van der Waals surface area contributed by atoms with Gasteiger partial charge in [0.25, 0.3) is 0 Å². The third-order valence-electron chi connectivity index (χ3n) is 2.57. The molecule has 0 radical (unpaired) electrons. The molecule has 0 heterocycles. The monoisotopic (exact) mass is 235 g/mol. The van der Waals surface area contributed by atoms with Crippen LogP contribution in [-0.2, 0) is 11.3 Å². The third kappa shape index (κ3) is 4.10. The van der Waals surface area contributed by atoms with Crippen molar-refractivity contribution in [1.29, 1.82) is 0 Å². The maximum absolute atomic E-state index is 11.7. The Bertz CT molecular complexity index is 363. The van der Waals surface area contributed by atoms with Crippen LogP contribution in [-0.4, -0.2) is 24.5 Å². The lowest BCUT2D eigenvalue weighted by atomic mass is 10.2. The van der Waals surface area contributed by atoms with Gasteiger partial charge in [0.1, 0.15) is 5.75 Å². The van der Waals surface area contributed by atoms with E-state index >= 15 is 0 Å². The Labute approximate surface area is 103 Å². The summed E-state index contributed by atoms with van der Waals surface area (Å²) in [5.41, 5.74) is 1.06. The molecule has 1 aromatic carbocycles. The second-order valence-corrected chi connectivity index (χ2v) is 4.04. The lowest BCUT2D eigenvalue weighted by Crippen LogP contribution is -2.25. The lowest BCUT2D eigenvalue weighted by molar-refractivity contribution is -0.130. The highest BCUT2D eigenvalue weighted by molar-refractivity contribution is 5.75. The number of rotatable bonds is 6. The summed E-state index contributed by atoms with van der Waals surface area (Å²) >= 11 is 0. The van der Waals surface area contributed by atoms with Crippen LogP contribution in [0.4, 0.5) is 0 Å². The topological polar surface area (TPSA) is 29.5 Å². The summed E-state index contributed by atoms with van der Waals surface area (Å²) in [4.78, 5) is 13.5. The van der Waals surface area contributed by atoms with Crippen molar-refractivity contribution in [2.75, 3.05) is 13.7 Å². The van der Waals surface area contributed by atoms with Gasteiger partial charge in [0.2, 0.25) is 5.91 Å². The molecule has 0 atom stereocenters. The van der Waals surface area contributed by atoms with Gasteiger partial charge >= 0.3 is 0 Å². The van der Waals surface area contributed by atoms with Gasteiger partial charge in [-0.1, -0.05) is 25.1 Å². The Kier molecular flexibility index (Phi) is 5.53. The Morgan fingerprint density at radius 2 is 2.00 bits per heavy atom. The number of hydrogen-bond acceptors (Lipinski definition) is 2. The first-order valence-corrected chi connectivity index (χ1v) is 6.13. The van der Waals surface area contributed by atoms with E-state index in [1.165, 1.54) is 0 Å². The fourth-order valence-electron chi connectivity index (χ4n) is 1.68. The quantitative estimate of drug-likeness (QED) is 0.758. The fraction of sp³-hybridized carbons (Fsp3) is 0.500. The number of amides is 1. The van der Waals surface area contributed by atoms with Crippen LogP contribution < -0.4 is 4.74 Å². The Morgan fingerprint density at radius 3 is 2.65 bits per heavy atom. The Hall–Kier alpha value is -1.51. The van der Waals surface area contributed by atoms with E-state index in [-0.39, 0.29) is 5.91 Å². The molecule has 3 nitrogen and oxygen atoms in total. The molecule has 1 rings (SSSR count). The molecule has 0 spiro atoms. The average Bonchev–Trinajstić information content (AvgIpc) is 2.32. The molecule has 0 saturated carbocycles. The summed E-state index contributed by atoms with van der Waals surface area (Å²) in [5, 5.41) is 0. The molecule has 0 aromatic heterocycles. The van der Waals surface area contributed by atoms with Crippen LogP contribution in [0.1, 0.15) is 32.3 Å². The van der Waals surface area contributed by atoms with Crippen LogP contribution in [0.25, 0.3) is 0 Å². The number of carbonyl (C=O) groups excluding carboxylic acids is 1. The van der Waals surface area contributed by atoms with Crippen molar-refractivity contribution in [3.8, 4) is 5.75 Å². The van der Waals surface area contributed by atoms with E-state index < -0.39 is 0 Å². The van der Waals surface area contributed by atoms with Gasteiger partial charge in [-0.15, -0.1) is 0 Å². The predicted molar refractivity (Wildman–Crippen MR) is 69.0 cm³/mol. The summed E-state index contributed by atoms with van der Waals surface area (Å²) in [7, 11) is 1.83.